The van der Waals surface area contributed by atoms with Crippen LogP contribution in [0.1, 0.15) is 34.8 Å². The maximum absolute atomic E-state index is 12.8. The second-order valence-electron chi connectivity index (χ2n) is 8.28. The highest BCUT2D eigenvalue weighted by atomic mass is 35.5. The van der Waals surface area contributed by atoms with E-state index in [1.807, 2.05) is 38.4 Å². The van der Waals surface area contributed by atoms with E-state index in [2.05, 4.69) is 29.3 Å². The van der Waals surface area contributed by atoms with Crippen LogP contribution >= 0.6 is 11.6 Å². The minimum atomic E-state index is -0.499. The summed E-state index contributed by atoms with van der Waals surface area (Å²) in [5, 5.41) is 3.63. The van der Waals surface area contributed by atoms with Crippen molar-refractivity contribution in [3.63, 3.8) is 0 Å². The Balaban J connectivity index is 1.61. The van der Waals surface area contributed by atoms with Crippen LogP contribution in [0.2, 0.25) is 5.02 Å². The number of hydrogen-bond donors (Lipinski definition) is 2. The number of hydrogen-bond acceptors (Lipinski definition) is 3. The molecule has 2 aromatic rings. The highest BCUT2D eigenvalue weighted by molar-refractivity contribution is 6.31. The average Bonchev–Trinajstić information content (AvgIpc) is 3.39. The van der Waals surface area contributed by atoms with Gasteiger partial charge in [-0.05, 0) is 50.2 Å². The molecule has 1 aliphatic rings. The number of benzene rings is 2. The third-order valence-corrected chi connectivity index (χ3v) is 6.37. The molecule has 1 fully saturated rings. The highest BCUT2D eigenvalue weighted by Gasteiger charge is 2.55. The van der Waals surface area contributed by atoms with Gasteiger partial charge in [-0.1, -0.05) is 54.9 Å². The number of primary amides is 1. The molecular formula is C23H28ClN3O2. The van der Waals surface area contributed by atoms with Gasteiger partial charge >= 0.3 is 0 Å². The lowest BCUT2D eigenvalue weighted by Crippen LogP contribution is -2.42. The summed E-state index contributed by atoms with van der Waals surface area (Å²) in [6.07, 6.45) is 1.53. The summed E-state index contributed by atoms with van der Waals surface area (Å²) in [7, 11) is 3.96. The molecule has 0 unspecified atom stereocenters. The van der Waals surface area contributed by atoms with Crippen molar-refractivity contribution in [3.8, 4) is 0 Å². The van der Waals surface area contributed by atoms with Crippen molar-refractivity contribution in [3.05, 3.63) is 70.2 Å². The Labute approximate surface area is 177 Å². The van der Waals surface area contributed by atoms with Crippen LogP contribution in [-0.4, -0.2) is 43.4 Å². The summed E-state index contributed by atoms with van der Waals surface area (Å²) >= 11 is 6.34. The first-order chi connectivity index (χ1) is 13.7. The van der Waals surface area contributed by atoms with Crippen LogP contribution in [0.3, 0.4) is 0 Å². The SMILES string of the molecule is CN(C)[C@H](CNC(=O)[C@@H]1C[C@@]1(C)c1ccccc1)Cc1ccc(C(N)=O)cc1Cl. The smallest absolute Gasteiger partial charge is 0.248 e. The quantitative estimate of drug-likeness (QED) is 0.698. The molecule has 1 aliphatic carbocycles. The van der Waals surface area contributed by atoms with Crippen LogP contribution in [0.4, 0.5) is 0 Å². The number of amides is 2. The molecule has 0 spiro atoms. The minimum Gasteiger partial charge on any atom is -0.366 e. The molecule has 3 N–H and O–H groups in total. The van der Waals surface area contributed by atoms with E-state index < -0.39 is 5.91 Å². The molecule has 2 amide bonds. The van der Waals surface area contributed by atoms with Crippen molar-refractivity contribution in [2.45, 2.75) is 31.2 Å². The Morgan fingerprint density at radius 1 is 1.24 bits per heavy atom. The van der Waals surface area contributed by atoms with E-state index in [0.29, 0.717) is 23.6 Å². The van der Waals surface area contributed by atoms with E-state index in [-0.39, 0.29) is 23.3 Å². The summed E-state index contributed by atoms with van der Waals surface area (Å²) in [6, 6.07) is 15.4. The Bertz CT molecular complexity index is 900. The number of halogens is 1. The van der Waals surface area contributed by atoms with Gasteiger partial charge in [0.15, 0.2) is 0 Å². The summed E-state index contributed by atoms with van der Waals surface area (Å²) < 4.78 is 0. The highest BCUT2D eigenvalue weighted by Crippen LogP contribution is 2.53. The molecule has 154 valence electrons. The molecule has 6 heteroatoms. The molecule has 0 aromatic heterocycles. The standard InChI is InChI=1S/C23H28ClN3O2/c1-23(17-7-5-4-6-8-17)13-19(23)22(29)26-14-18(27(2)3)11-15-9-10-16(21(25)28)12-20(15)24/h4-10,12,18-19H,11,13-14H2,1-3H3,(H2,25,28)(H,26,29)/t18-,19-,23-/m0/s1. The van der Waals surface area contributed by atoms with Gasteiger partial charge in [0.2, 0.25) is 11.8 Å². The Morgan fingerprint density at radius 3 is 2.52 bits per heavy atom. The zero-order valence-electron chi connectivity index (χ0n) is 17.1. The van der Waals surface area contributed by atoms with Gasteiger partial charge in [-0.2, -0.15) is 0 Å². The number of carbonyl (C=O) groups excluding carboxylic acids is 2. The number of rotatable bonds is 8. The lowest BCUT2D eigenvalue weighted by molar-refractivity contribution is -0.122. The van der Waals surface area contributed by atoms with Crippen LogP contribution in [-0.2, 0) is 16.6 Å². The fourth-order valence-electron chi connectivity index (χ4n) is 3.78. The van der Waals surface area contributed by atoms with E-state index in [4.69, 9.17) is 17.3 Å². The fourth-order valence-corrected chi connectivity index (χ4v) is 4.04. The fraction of sp³-hybridized carbons (Fsp3) is 0.391. The second-order valence-corrected chi connectivity index (χ2v) is 8.68. The first kappa shape index (κ1) is 21.3. The monoisotopic (exact) mass is 413 g/mol. The molecule has 1 saturated carbocycles. The first-order valence-electron chi connectivity index (χ1n) is 9.80. The van der Waals surface area contributed by atoms with Crippen molar-refractivity contribution in [2.75, 3.05) is 20.6 Å². The molecule has 0 bridgehead atoms. The molecule has 29 heavy (non-hydrogen) atoms. The van der Waals surface area contributed by atoms with Gasteiger partial charge in [0.1, 0.15) is 0 Å². The molecule has 0 aliphatic heterocycles. The van der Waals surface area contributed by atoms with Gasteiger partial charge in [0.25, 0.3) is 0 Å². The minimum absolute atomic E-state index is 0.00569. The second kappa shape index (κ2) is 8.56. The normalized spacial score (nSPS) is 21.6. The maximum Gasteiger partial charge on any atom is 0.248 e. The zero-order chi connectivity index (χ0) is 21.2. The van der Waals surface area contributed by atoms with E-state index >= 15 is 0 Å². The van der Waals surface area contributed by atoms with Gasteiger partial charge in [0, 0.05) is 34.5 Å². The largest absolute Gasteiger partial charge is 0.366 e. The number of nitrogens with two attached hydrogens (primary N) is 1. The predicted octanol–water partition coefficient (Wildman–Crippen LogP) is 3.01. The van der Waals surface area contributed by atoms with Crippen molar-refractivity contribution >= 4 is 23.4 Å². The Morgan fingerprint density at radius 2 is 1.93 bits per heavy atom. The number of likely N-dealkylation sites (N-methyl/N-ethyl adjacent to an activating group) is 1. The lowest BCUT2D eigenvalue weighted by atomic mass is 9.95. The first-order valence-corrected chi connectivity index (χ1v) is 10.2. The average molecular weight is 414 g/mol. The molecular weight excluding hydrogens is 386 g/mol. The third kappa shape index (κ3) is 4.80. The van der Waals surface area contributed by atoms with Gasteiger partial charge in [-0.15, -0.1) is 0 Å². The molecule has 3 atom stereocenters. The van der Waals surface area contributed by atoms with Gasteiger partial charge in [-0.25, -0.2) is 0 Å². The third-order valence-electron chi connectivity index (χ3n) is 6.02. The lowest BCUT2D eigenvalue weighted by Gasteiger charge is -2.25. The number of nitrogens with one attached hydrogen (secondary N) is 1. The van der Waals surface area contributed by atoms with Crippen LogP contribution in [0.25, 0.3) is 0 Å². The predicted molar refractivity (Wildman–Crippen MR) is 116 cm³/mol. The number of nitrogens with zero attached hydrogens (tertiary/aromatic N) is 1. The van der Waals surface area contributed by atoms with Gasteiger partial charge < -0.3 is 16.0 Å². The topological polar surface area (TPSA) is 75.4 Å². The van der Waals surface area contributed by atoms with Gasteiger partial charge in [-0.3, -0.25) is 9.59 Å². The Kier molecular flexibility index (Phi) is 6.30. The van der Waals surface area contributed by atoms with Crippen molar-refractivity contribution in [1.82, 2.24) is 10.2 Å². The van der Waals surface area contributed by atoms with Crippen LogP contribution in [0, 0.1) is 5.92 Å². The van der Waals surface area contributed by atoms with E-state index in [1.165, 1.54) is 5.56 Å². The summed E-state index contributed by atoms with van der Waals surface area (Å²) in [5.74, 6) is -0.398. The van der Waals surface area contributed by atoms with Crippen LogP contribution in [0.5, 0.6) is 0 Å². The summed E-state index contributed by atoms with van der Waals surface area (Å²) in [4.78, 5) is 26.1. The molecule has 3 rings (SSSR count). The molecule has 5 nitrogen and oxygen atoms in total. The van der Waals surface area contributed by atoms with Gasteiger partial charge in [0.05, 0.1) is 0 Å². The molecule has 0 saturated heterocycles. The van der Waals surface area contributed by atoms with Crippen molar-refractivity contribution < 1.29 is 9.59 Å². The van der Waals surface area contributed by atoms with Crippen molar-refractivity contribution in [2.24, 2.45) is 11.7 Å². The van der Waals surface area contributed by atoms with Crippen molar-refractivity contribution in [1.29, 1.82) is 0 Å². The summed E-state index contributed by atoms with van der Waals surface area (Å²) in [6.45, 7) is 2.68. The summed E-state index contributed by atoms with van der Waals surface area (Å²) in [5.41, 5.74) is 7.76. The van der Waals surface area contributed by atoms with E-state index in [9.17, 15) is 9.59 Å². The van der Waals surface area contributed by atoms with Crippen LogP contribution < -0.4 is 11.1 Å². The van der Waals surface area contributed by atoms with E-state index in [1.54, 1.807) is 12.1 Å². The zero-order valence-corrected chi connectivity index (χ0v) is 17.9. The molecule has 2 aromatic carbocycles. The Hall–Kier alpha value is -2.37. The molecule has 0 heterocycles. The molecule has 0 radical (unpaired) electrons. The van der Waals surface area contributed by atoms with Crippen LogP contribution in [0.15, 0.2) is 48.5 Å². The number of carbonyl (C=O) groups is 2. The maximum atomic E-state index is 12.8. The van der Waals surface area contributed by atoms with E-state index in [0.717, 1.165) is 12.0 Å².